The van der Waals surface area contributed by atoms with Crippen LogP contribution in [0, 0.1) is 5.92 Å². The molecule has 0 bridgehead atoms. The lowest BCUT2D eigenvalue weighted by atomic mass is 9.86. The Kier molecular flexibility index (Phi) is 3.28. The van der Waals surface area contributed by atoms with Crippen LogP contribution < -0.4 is 5.32 Å². The van der Waals surface area contributed by atoms with Gasteiger partial charge < -0.3 is 9.88 Å². The highest BCUT2D eigenvalue weighted by atomic mass is 15.0. The molecule has 1 aliphatic heterocycles. The van der Waals surface area contributed by atoms with Crippen molar-refractivity contribution < 1.29 is 0 Å². The van der Waals surface area contributed by atoms with E-state index in [1.54, 1.807) is 0 Å². The maximum absolute atomic E-state index is 4.40. The van der Waals surface area contributed by atoms with Gasteiger partial charge in [0.1, 0.15) is 5.82 Å². The van der Waals surface area contributed by atoms with Crippen molar-refractivity contribution in [3.05, 3.63) is 48.0 Å². The minimum Gasteiger partial charge on any atom is -0.382 e. The average Bonchev–Trinajstić information content (AvgIpc) is 2.82. The van der Waals surface area contributed by atoms with Gasteiger partial charge in [-0.2, -0.15) is 0 Å². The summed E-state index contributed by atoms with van der Waals surface area (Å²) in [5.74, 6) is 1.85. The summed E-state index contributed by atoms with van der Waals surface area (Å²) in [5.41, 5.74) is 2.76. The number of hydrogen-bond donors (Lipinski definition) is 1. The zero-order valence-electron chi connectivity index (χ0n) is 11.6. The smallest absolute Gasteiger partial charge is 0.108 e. The molecule has 2 aromatic rings. The van der Waals surface area contributed by atoms with Crippen molar-refractivity contribution >= 4 is 5.69 Å². The highest BCUT2D eigenvalue weighted by Crippen LogP contribution is 2.29. The first kappa shape index (κ1) is 12.3. The lowest BCUT2D eigenvalue weighted by Crippen LogP contribution is -2.33. The molecule has 1 aliphatic rings. The third kappa shape index (κ3) is 2.50. The van der Waals surface area contributed by atoms with Crippen LogP contribution in [0.4, 0.5) is 5.69 Å². The van der Waals surface area contributed by atoms with E-state index in [0.29, 0.717) is 12.0 Å². The second-order valence-electron chi connectivity index (χ2n) is 5.58. The fourth-order valence-corrected chi connectivity index (χ4v) is 2.95. The summed E-state index contributed by atoms with van der Waals surface area (Å²) >= 11 is 0. The summed E-state index contributed by atoms with van der Waals surface area (Å²) in [7, 11) is 2.06. The summed E-state index contributed by atoms with van der Waals surface area (Å²) in [6.07, 6.45) is 7.24. The molecular weight excluding hydrogens is 234 g/mol. The standard InChI is InChI=1S/C16H21N3/c1-12-11-13-5-3-4-6-15(13)18-14(12)7-8-16-17-9-10-19(16)2/h3-6,9-10,12,14,18H,7-8,11H2,1-2H3. The summed E-state index contributed by atoms with van der Waals surface area (Å²) in [6, 6.07) is 9.20. The lowest BCUT2D eigenvalue weighted by molar-refractivity contribution is 0.437. The molecule has 0 radical (unpaired) electrons. The number of anilines is 1. The molecule has 1 aromatic carbocycles. The number of imidazole rings is 1. The lowest BCUT2D eigenvalue weighted by Gasteiger charge is -2.32. The molecule has 2 heterocycles. The highest BCUT2D eigenvalue weighted by molar-refractivity contribution is 5.54. The summed E-state index contributed by atoms with van der Waals surface area (Å²) < 4.78 is 2.11. The minimum atomic E-state index is 0.548. The third-order valence-corrected chi connectivity index (χ3v) is 4.19. The van der Waals surface area contributed by atoms with Crippen LogP contribution >= 0.6 is 0 Å². The van der Waals surface area contributed by atoms with E-state index in [2.05, 4.69) is 53.1 Å². The van der Waals surface area contributed by atoms with Crippen LogP contribution in [0.15, 0.2) is 36.7 Å². The summed E-state index contributed by atoms with van der Waals surface area (Å²) in [6.45, 7) is 2.34. The topological polar surface area (TPSA) is 29.9 Å². The molecule has 0 fully saturated rings. The van der Waals surface area contributed by atoms with E-state index in [0.717, 1.165) is 12.8 Å². The Morgan fingerprint density at radius 3 is 3.00 bits per heavy atom. The Labute approximate surface area is 114 Å². The zero-order chi connectivity index (χ0) is 13.2. The van der Waals surface area contributed by atoms with E-state index in [1.807, 2.05) is 12.4 Å². The Morgan fingerprint density at radius 1 is 1.37 bits per heavy atom. The fourth-order valence-electron chi connectivity index (χ4n) is 2.95. The van der Waals surface area contributed by atoms with Crippen LogP contribution in [0.2, 0.25) is 0 Å². The molecule has 0 aliphatic carbocycles. The van der Waals surface area contributed by atoms with Gasteiger partial charge in [0.15, 0.2) is 0 Å². The molecular formula is C16H21N3. The van der Waals surface area contributed by atoms with Crippen LogP contribution in [-0.4, -0.2) is 15.6 Å². The molecule has 2 unspecified atom stereocenters. The van der Waals surface area contributed by atoms with Crippen molar-refractivity contribution in [2.45, 2.75) is 32.2 Å². The molecule has 100 valence electrons. The van der Waals surface area contributed by atoms with E-state index in [9.17, 15) is 0 Å². The van der Waals surface area contributed by atoms with E-state index in [-0.39, 0.29) is 0 Å². The van der Waals surface area contributed by atoms with Gasteiger partial charge in [-0.25, -0.2) is 4.98 Å². The minimum absolute atomic E-state index is 0.548. The van der Waals surface area contributed by atoms with Crippen LogP contribution in [0.5, 0.6) is 0 Å². The largest absolute Gasteiger partial charge is 0.382 e. The Hall–Kier alpha value is -1.77. The van der Waals surface area contributed by atoms with E-state index in [4.69, 9.17) is 0 Å². The first-order valence-corrected chi connectivity index (χ1v) is 7.04. The Bertz CT molecular complexity index is 559. The molecule has 0 saturated heterocycles. The molecule has 2 atom stereocenters. The molecule has 0 saturated carbocycles. The van der Waals surface area contributed by atoms with Crippen LogP contribution in [0.25, 0.3) is 0 Å². The van der Waals surface area contributed by atoms with Gasteiger partial charge in [-0.1, -0.05) is 25.1 Å². The van der Waals surface area contributed by atoms with Gasteiger partial charge in [0.05, 0.1) is 0 Å². The van der Waals surface area contributed by atoms with Crippen LogP contribution in [-0.2, 0) is 19.9 Å². The SMILES string of the molecule is CC1Cc2ccccc2NC1CCc1nccn1C. The molecule has 3 nitrogen and oxygen atoms in total. The second-order valence-corrected chi connectivity index (χ2v) is 5.58. The molecule has 0 spiro atoms. The van der Waals surface area contributed by atoms with Crippen LogP contribution in [0.1, 0.15) is 24.7 Å². The van der Waals surface area contributed by atoms with Gasteiger partial charge in [0.25, 0.3) is 0 Å². The van der Waals surface area contributed by atoms with Gasteiger partial charge >= 0.3 is 0 Å². The predicted molar refractivity (Wildman–Crippen MR) is 78.2 cm³/mol. The summed E-state index contributed by atoms with van der Waals surface area (Å²) in [5, 5.41) is 3.69. The maximum Gasteiger partial charge on any atom is 0.108 e. The van der Waals surface area contributed by atoms with Crippen molar-refractivity contribution in [2.75, 3.05) is 5.32 Å². The Balaban J connectivity index is 1.68. The number of aryl methyl sites for hydroxylation is 2. The van der Waals surface area contributed by atoms with Crippen LogP contribution in [0.3, 0.4) is 0 Å². The molecule has 19 heavy (non-hydrogen) atoms. The van der Waals surface area contributed by atoms with E-state index < -0.39 is 0 Å². The quantitative estimate of drug-likeness (QED) is 0.913. The fraction of sp³-hybridized carbons (Fsp3) is 0.438. The van der Waals surface area contributed by atoms with Crippen molar-refractivity contribution in [1.29, 1.82) is 0 Å². The number of aromatic nitrogens is 2. The molecule has 1 aromatic heterocycles. The molecule has 3 rings (SSSR count). The third-order valence-electron chi connectivity index (χ3n) is 4.19. The first-order valence-electron chi connectivity index (χ1n) is 7.04. The van der Waals surface area contributed by atoms with E-state index in [1.165, 1.54) is 23.5 Å². The van der Waals surface area contributed by atoms with Crippen molar-refractivity contribution in [2.24, 2.45) is 13.0 Å². The highest BCUT2D eigenvalue weighted by Gasteiger charge is 2.24. The Morgan fingerprint density at radius 2 is 2.21 bits per heavy atom. The van der Waals surface area contributed by atoms with Gasteiger partial charge in [-0.3, -0.25) is 0 Å². The number of para-hydroxylation sites is 1. The van der Waals surface area contributed by atoms with Crippen molar-refractivity contribution in [3.8, 4) is 0 Å². The second kappa shape index (κ2) is 5.08. The first-order chi connectivity index (χ1) is 9.24. The van der Waals surface area contributed by atoms with Gasteiger partial charge in [0, 0.05) is 37.6 Å². The number of benzene rings is 1. The van der Waals surface area contributed by atoms with Gasteiger partial charge in [-0.15, -0.1) is 0 Å². The van der Waals surface area contributed by atoms with Gasteiger partial charge in [0.2, 0.25) is 0 Å². The molecule has 0 amide bonds. The monoisotopic (exact) mass is 255 g/mol. The number of nitrogens with zero attached hydrogens (tertiary/aromatic N) is 2. The van der Waals surface area contributed by atoms with Gasteiger partial charge in [-0.05, 0) is 30.4 Å². The van der Waals surface area contributed by atoms with E-state index >= 15 is 0 Å². The van der Waals surface area contributed by atoms with Crippen molar-refractivity contribution in [3.63, 3.8) is 0 Å². The molecule has 3 heteroatoms. The number of hydrogen-bond acceptors (Lipinski definition) is 2. The number of nitrogens with one attached hydrogen (secondary N) is 1. The average molecular weight is 255 g/mol. The number of fused-ring (bicyclic) bond motifs is 1. The number of rotatable bonds is 3. The summed E-state index contributed by atoms with van der Waals surface area (Å²) in [4.78, 5) is 4.40. The maximum atomic E-state index is 4.40. The zero-order valence-corrected chi connectivity index (χ0v) is 11.6. The molecule has 1 N–H and O–H groups in total. The normalized spacial score (nSPS) is 21.8. The van der Waals surface area contributed by atoms with Crippen molar-refractivity contribution in [1.82, 2.24) is 9.55 Å². The predicted octanol–water partition coefficient (Wildman–Crippen LogP) is 3.03.